The lowest BCUT2D eigenvalue weighted by atomic mass is 10.0. The maximum atomic E-state index is 5.95. The number of nitrogens with two attached hydrogens (primary N) is 1. The van der Waals surface area contributed by atoms with Crippen LogP contribution in [0.5, 0.6) is 5.75 Å². The molecule has 0 radical (unpaired) electrons. The first-order chi connectivity index (χ1) is 8.72. The molecule has 3 heteroatoms. The Balaban J connectivity index is 2.46. The molecule has 1 heterocycles. The molecule has 0 atom stereocenters. The molecule has 2 rings (SSSR count). The zero-order valence-electron chi connectivity index (χ0n) is 10.8. The van der Waals surface area contributed by atoms with E-state index in [1.165, 1.54) is 0 Å². The van der Waals surface area contributed by atoms with Crippen LogP contribution >= 0.6 is 0 Å². The van der Waals surface area contributed by atoms with Gasteiger partial charge in [0.1, 0.15) is 11.6 Å². The van der Waals surface area contributed by atoms with Crippen molar-refractivity contribution in [2.45, 2.75) is 20.3 Å². The first kappa shape index (κ1) is 12.4. The normalized spacial score (nSPS) is 10.3. The second-order valence-electron chi connectivity index (χ2n) is 4.29. The number of nitrogen functional groups attached to an aromatic ring is 1. The number of hydrogen-bond acceptors (Lipinski definition) is 3. The molecule has 0 aliphatic heterocycles. The van der Waals surface area contributed by atoms with Crippen molar-refractivity contribution in [1.29, 1.82) is 0 Å². The quantitative estimate of drug-likeness (QED) is 0.893. The Kier molecular flexibility index (Phi) is 3.82. The number of benzene rings is 1. The fraction of sp³-hybridized carbons (Fsp3) is 0.267. The van der Waals surface area contributed by atoms with Crippen LogP contribution in [0.25, 0.3) is 11.1 Å². The van der Waals surface area contributed by atoms with Gasteiger partial charge in [-0.1, -0.05) is 25.1 Å². The van der Waals surface area contributed by atoms with Crippen LogP contribution in [0, 0.1) is 6.92 Å². The van der Waals surface area contributed by atoms with Gasteiger partial charge in [0, 0.05) is 17.3 Å². The van der Waals surface area contributed by atoms with Crippen molar-refractivity contribution >= 4 is 5.82 Å². The lowest BCUT2D eigenvalue weighted by molar-refractivity contribution is 0.318. The molecule has 2 aromatic rings. The van der Waals surface area contributed by atoms with Crippen molar-refractivity contribution in [3.8, 4) is 16.9 Å². The molecule has 0 unspecified atom stereocenters. The van der Waals surface area contributed by atoms with E-state index in [9.17, 15) is 0 Å². The van der Waals surface area contributed by atoms with Gasteiger partial charge in [-0.15, -0.1) is 0 Å². The van der Waals surface area contributed by atoms with E-state index in [0.717, 1.165) is 28.9 Å². The van der Waals surface area contributed by atoms with Crippen molar-refractivity contribution < 1.29 is 4.74 Å². The van der Waals surface area contributed by atoms with Gasteiger partial charge in [0.15, 0.2) is 0 Å². The summed E-state index contributed by atoms with van der Waals surface area (Å²) >= 11 is 0. The second-order valence-corrected chi connectivity index (χ2v) is 4.29. The van der Waals surface area contributed by atoms with E-state index in [2.05, 4.69) is 11.9 Å². The van der Waals surface area contributed by atoms with E-state index < -0.39 is 0 Å². The number of rotatable bonds is 4. The smallest absolute Gasteiger partial charge is 0.131 e. The summed E-state index contributed by atoms with van der Waals surface area (Å²) in [5.41, 5.74) is 8.97. The van der Waals surface area contributed by atoms with Gasteiger partial charge in [0.05, 0.1) is 6.61 Å². The zero-order chi connectivity index (χ0) is 13.0. The maximum Gasteiger partial charge on any atom is 0.131 e. The average molecular weight is 242 g/mol. The van der Waals surface area contributed by atoms with Gasteiger partial charge >= 0.3 is 0 Å². The highest BCUT2D eigenvalue weighted by Gasteiger charge is 2.09. The third-order valence-electron chi connectivity index (χ3n) is 2.69. The number of anilines is 1. The first-order valence-corrected chi connectivity index (χ1v) is 6.16. The van der Waals surface area contributed by atoms with Crippen molar-refractivity contribution in [2.24, 2.45) is 0 Å². The van der Waals surface area contributed by atoms with Crippen molar-refractivity contribution in [2.75, 3.05) is 12.3 Å². The summed E-state index contributed by atoms with van der Waals surface area (Å²) in [7, 11) is 0. The van der Waals surface area contributed by atoms with Gasteiger partial charge in [-0.3, -0.25) is 0 Å². The Morgan fingerprint density at radius 3 is 2.78 bits per heavy atom. The Bertz CT molecular complexity index is 538. The van der Waals surface area contributed by atoms with Gasteiger partial charge in [-0.05, 0) is 31.0 Å². The second kappa shape index (κ2) is 5.54. The predicted molar refractivity (Wildman–Crippen MR) is 74.6 cm³/mol. The molecule has 0 spiro atoms. The van der Waals surface area contributed by atoms with E-state index in [1.54, 1.807) is 6.20 Å². The molecule has 0 aliphatic carbocycles. The monoisotopic (exact) mass is 242 g/mol. The molecule has 1 aromatic heterocycles. The molecule has 3 nitrogen and oxygen atoms in total. The van der Waals surface area contributed by atoms with Gasteiger partial charge in [-0.25, -0.2) is 4.98 Å². The van der Waals surface area contributed by atoms with Crippen LogP contribution in [0.3, 0.4) is 0 Å². The largest absolute Gasteiger partial charge is 0.493 e. The van der Waals surface area contributed by atoms with Crippen LogP contribution < -0.4 is 10.5 Å². The summed E-state index contributed by atoms with van der Waals surface area (Å²) in [6, 6.07) is 9.96. The molecule has 1 aromatic carbocycles. The number of nitrogens with zero attached hydrogens (tertiary/aromatic N) is 1. The molecular weight excluding hydrogens is 224 g/mol. The third kappa shape index (κ3) is 2.62. The van der Waals surface area contributed by atoms with E-state index in [4.69, 9.17) is 10.5 Å². The van der Waals surface area contributed by atoms with Crippen LogP contribution in [0.2, 0.25) is 0 Å². The first-order valence-electron chi connectivity index (χ1n) is 6.16. The SMILES string of the molecule is CCCOc1ccccc1-c1cc(C)cnc1N. The topological polar surface area (TPSA) is 48.1 Å². The highest BCUT2D eigenvalue weighted by atomic mass is 16.5. The number of aryl methyl sites for hydroxylation is 1. The molecule has 0 saturated carbocycles. The van der Waals surface area contributed by atoms with Crippen LogP contribution in [0.15, 0.2) is 36.5 Å². The molecule has 0 amide bonds. The fourth-order valence-electron chi connectivity index (χ4n) is 1.82. The van der Waals surface area contributed by atoms with E-state index in [0.29, 0.717) is 12.4 Å². The Morgan fingerprint density at radius 1 is 1.22 bits per heavy atom. The maximum absolute atomic E-state index is 5.95. The molecular formula is C15H18N2O. The van der Waals surface area contributed by atoms with Crippen molar-refractivity contribution in [3.05, 3.63) is 42.1 Å². The molecule has 2 N–H and O–H groups in total. The highest BCUT2D eigenvalue weighted by Crippen LogP contribution is 2.33. The molecule has 94 valence electrons. The Morgan fingerprint density at radius 2 is 2.00 bits per heavy atom. The predicted octanol–water partition coefficient (Wildman–Crippen LogP) is 3.43. The molecule has 18 heavy (non-hydrogen) atoms. The molecule has 0 bridgehead atoms. The number of para-hydroxylation sites is 1. The minimum absolute atomic E-state index is 0.535. The average Bonchev–Trinajstić information content (AvgIpc) is 2.39. The van der Waals surface area contributed by atoms with Gasteiger partial charge in [0.25, 0.3) is 0 Å². The molecule has 0 saturated heterocycles. The van der Waals surface area contributed by atoms with Gasteiger partial charge in [0.2, 0.25) is 0 Å². The standard InChI is InChI=1S/C15H18N2O/c1-3-8-18-14-7-5-4-6-12(14)13-9-11(2)10-17-15(13)16/h4-7,9-10H,3,8H2,1-2H3,(H2,16,17). The zero-order valence-corrected chi connectivity index (χ0v) is 10.8. The van der Waals surface area contributed by atoms with Crippen LogP contribution in [-0.2, 0) is 0 Å². The van der Waals surface area contributed by atoms with Gasteiger partial charge in [-0.2, -0.15) is 0 Å². The Labute approximate surface area is 108 Å². The number of pyridine rings is 1. The van der Waals surface area contributed by atoms with E-state index >= 15 is 0 Å². The van der Waals surface area contributed by atoms with E-state index in [1.807, 2.05) is 37.3 Å². The molecule has 0 aliphatic rings. The van der Waals surface area contributed by atoms with Crippen LogP contribution in [0.1, 0.15) is 18.9 Å². The lowest BCUT2D eigenvalue weighted by Gasteiger charge is -2.12. The van der Waals surface area contributed by atoms with Crippen LogP contribution in [-0.4, -0.2) is 11.6 Å². The van der Waals surface area contributed by atoms with E-state index in [-0.39, 0.29) is 0 Å². The number of hydrogen-bond donors (Lipinski definition) is 1. The number of ether oxygens (including phenoxy) is 1. The van der Waals surface area contributed by atoms with Crippen LogP contribution in [0.4, 0.5) is 5.82 Å². The summed E-state index contributed by atoms with van der Waals surface area (Å²) in [6.07, 6.45) is 2.75. The van der Waals surface area contributed by atoms with Crippen molar-refractivity contribution in [3.63, 3.8) is 0 Å². The Hall–Kier alpha value is -2.03. The summed E-state index contributed by atoms with van der Waals surface area (Å²) in [5, 5.41) is 0. The highest BCUT2D eigenvalue weighted by molar-refractivity contribution is 5.78. The minimum Gasteiger partial charge on any atom is -0.493 e. The summed E-state index contributed by atoms with van der Waals surface area (Å²) in [4.78, 5) is 4.20. The van der Waals surface area contributed by atoms with Gasteiger partial charge < -0.3 is 10.5 Å². The summed E-state index contributed by atoms with van der Waals surface area (Å²) in [6.45, 7) is 4.80. The minimum atomic E-state index is 0.535. The summed E-state index contributed by atoms with van der Waals surface area (Å²) < 4.78 is 5.75. The third-order valence-corrected chi connectivity index (χ3v) is 2.69. The number of aromatic nitrogens is 1. The molecule has 0 fully saturated rings. The fourth-order valence-corrected chi connectivity index (χ4v) is 1.82. The summed E-state index contributed by atoms with van der Waals surface area (Å²) in [5.74, 6) is 1.39. The van der Waals surface area contributed by atoms with Crippen molar-refractivity contribution in [1.82, 2.24) is 4.98 Å². The lowest BCUT2D eigenvalue weighted by Crippen LogP contribution is -1.99.